The summed E-state index contributed by atoms with van der Waals surface area (Å²) in [6, 6.07) is 5.99. The van der Waals surface area contributed by atoms with Crippen LogP contribution in [0.5, 0.6) is 0 Å². The third kappa shape index (κ3) is 3.58. The summed E-state index contributed by atoms with van der Waals surface area (Å²) in [5.74, 6) is 2.06. The number of hydrogen-bond acceptors (Lipinski definition) is 4. The van der Waals surface area contributed by atoms with Crippen molar-refractivity contribution in [2.75, 3.05) is 26.2 Å². The normalized spacial score (nSPS) is 21.6. The molecule has 2 aliphatic heterocycles. The van der Waals surface area contributed by atoms with Crippen LogP contribution in [0.3, 0.4) is 0 Å². The van der Waals surface area contributed by atoms with Crippen molar-refractivity contribution in [3.63, 3.8) is 0 Å². The SMILES string of the molecule is O=C([C@@H]1CCNC1)N1CCC(c2nccn2Cc2ccccn2)CC1. The lowest BCUT2D eigenvalue weighted by molar-refractivity contribution is -0.136. The van der Waals surface area contributed by atoms with Crippen molar-refractivity contribution in [1.82, 2.24) is 24.8 Å². The Morgan fingerprint density at radius 3 is 2.76 bits per heavy atom. The highest BCUT2D eigenvalue weighted by Gasteiger charge is 2.31. The quantitative estimate of drug-likeness (QED) is 0.920. The molecule has 0 radical (unpaired) electrons. The number of piperidine rings is 1. The van der Waals surface area contributed by atoms with E-state index in [9.17, 15) is 4.79 Å². The zero-order valence-corrected chi connectivity index (χ0v) is 14.5. The molecule has 4 heterocycles. The number of nitrogens with zero attached hydrogens (tertiary/aromatic N) is 4. The number of imidazole rings is 1. The number of pyridine rings is 1. The van der Waals surface area contributed by atoms with E-state index in [1.807, 2.05) is 36.8 Å². The average molecular weight is 339 g/mol. The van der Waals surface area contributed by atoms with E-state index in [1.165, 1.54) is 0 Å². The molecule has 2 aromatic heterocycles. The summed E-state index contributed by atoms with van der Waals surface area (Å²) in [6.07, 6.45) is 8.70. The van der Waals surface area contributed by atoms with Crippen LogP contribution < -0.4 is 5.32 Å². The van der Waals surface area contributed by atoms with Crippen LogP contribution in [-0.4, -0.2) is 51.5 Å². The Hall–Kier alpha value is -2.21. The minimum Gasteiger partial charge on any atom is -0.342 e. The minimum atomic E-state index is 0.183. The van der Waals surface area contributed by atoms with Crippen LogP contribution in [0.1, 0.15) is 36.7 Å². The first-order chi connectivity index (χ1) is 12.3. The molecule has 132 valence electrons. The second-order valence-corrected chi connectivity index (χ2v) is 7.02. The minimum absolute atomic E-state index is 0.183. The van der Waals surface area contributed by atoms with E-state index in [2.05, 4.69) is 24.8 Å². The van der Waals surface area contributed by atoms with Gasteiger partial charge in [-0.25, -0.2) is 4.98 Å². The molecule has 6 heteroatoms. The van der Waals surface area contributed by atoms with Gasteiger partial charge in [-0.15, -0.1) is 0 Å². The van der Waals surface area contributed by atoms with Gasteiger partial charge in [0.25, 0.3) is 0 Å². The molecule has 1 amide bonds. The summed E-state index contributed by atoms with van der Waals surface area (Å²) < 4.78 is 2.20. The number of aromatic nitrogens is 3. The molecule has 2 aliphatic rings. The summed E-state index contributed by atoms with van der Waals surface area (Å²) >= 11 is 0. The van der Waals surface area contributed by atoms with Gasteiger partial charge >= 0.3 is 0 Å². The standard InChI is InChI=1S/C19H25N5O/c25-19(16-4-8-20-13-16)23-10-5-15(6-11-23)18-22-9-12-24(18)14-17-3-1-2-7-21-17/h1-3,7,9,12,15-16,20H,4-6,8,10-11,13-14H2/t16-/m1/s1. The second kappa shape index (κ2) is 7.35. The van der Waals surface area contributed by atoms with Gasteiger partial charge in [0.15, 0.2) is 0 Å². The molecule has 0 aromatic carbocycles. The Morgan fingerprint density at radius 1 is 1.16 bits per heavy atom. The van der Waals surface area contributed by atoms with Crippen LogP contribution in [-0.2, 0) is 11.3 Å². The Balaban J connectivity index is 1.38. The predicted octanol–water partition coefficient (Wildman–Crippen LogP) is 1.64. The van der Waals surface area contributed by atoms with Gasteiger partial charge in [0, 0.05) is 44.1 Å². The third-order valence-corrected chi connectivity index (χ3v) is 5.39. The first kappa shape index (κ1) is 16.3. The molecule has 2 saturated heterocycles. The maximum atomic E-state index is 12.6. The van der Waals surface area contributed by atoms with E-state index in [1.54, 1.807) is 0 Å². The van der Waals surface area contributed by atoms with E-state index < -0.39 is 0 Å². The van der Waals surface area contributed by atoms with Crippen molar-refractivity contribution in [3.8, 4) is 0 Å². The molecule has 0 aliphatic carbocycles. The third-order valence-electron chi connectivity index (χ3n) is 5.39. The zero-order chi connectivity index (χ0) is 17.1. The summed E-state index contributed by atoms with van der Waals surface area (Å²) in [4.78, 5) is 23.6. The second-order valence-electron chi connectivity index (χ2n) is 7.02. The van der Waals surface area contributed by atoms with Crippen LogP contribution >= 0.6 is 0 Å². The van der Waals surface area contributed by atoms with Crippen LogP contribution in [0.25, 0.3) is 0 Å². The highest BCUT2D eigenvalue weighted by atomic mass is 16.2. The number of amides is 1. The average Bonchev–Trinajstić information content (AvgIpc) is 3.34. The predicted molar refractivity (Wildman–Crippen MR) is 95.1 cm³/mol. The number of carbonyl (C=O) groups is 1. The van der Waals surface area contributed by atoms with Crippen LogP contribution in [0, 0.1) is 5.92 Å². The van der Waals surface area contributed by atoms with E-state index in [-0.39, 0.29) is 5.92 Å². The molecule has 1 atom stereocenters. The van der Waals surface area contributed by atoms with Gasteiger partial charge in [0.1, 0.15) is 5.82 Å². The van der Waals surface area contributed by atoms with Crippen molar-refractivity contribution in [2.24, 2.45) is 5.92 Å². The molecule has 0 bridgehead atoms. The van der Waals surface area contributed by atoms with E-state index in [4.69, 9.17) is 0 Å². The molecule has 0 unspecified atom stereocenters. The lowest BCUT2D eigenvalue weighted by Gasteiger charge is -2.33. The smallest absolute Gasteiger partial charge is 0.227 e. The molecule has 0 spiro atoms. The fraction of sp³-hybridized carbons (Fsp3) is 0.526. The number of likely N-dealkylation sites (tertiary alicyclic amines) is 1. The summed E-state index contributed by atoms with van der Waals surface area (Å²) in [7, 11) is 0. The molecular formula is C19H25N5O. The molecule has 25 heavy (non-hydrogen) atoms. The van der Waals surface area contributed by atoms with Gasteiger partial charge in [0.2, 0.25) is 5.91 Å². The summed E-state index contributed by atoms with van der Waals surface area (Å²) in [5, 5.41) is 3.29. The van der Waals surface area contributed by atoms with Gasteiger partial charge in [-0.3, -0.25) is 9.78 Å². The molecule has 1 N–H and O–H groups in total. The first-order valence-electron chi connectivity index (χ1n) is 9.21. The molecular weight excluding hydrogens is 314 g/mol. The Labute approximate surface area is 148 Å². The van der Waals surface area contributed by atoms with Gasteiger partial charge in [0.05, 0.1) is 18.2 Å². The van der Waals surface area contributed by atoms with Crippen LogP contribution in [0.4, 0.5) is 0 Å². The summed E-state index contributed by atoms with van der Waals surface area (Å²) in [5.41, 5.74) is 1.04. The van der Waals surface area contributed by atoms with Crippen LogP contribution in [0.2, 0.25) is 0 Å². The largest absolute Gasteiger partial charge is 0.342 e. The Morgan fingerprint density at radius 2 is 2.04 bits per heavy atom. The number of hydrogen-bond donors (Lipinski definition) is 1. The van der Waals surface area contributed by atoms with Crippen molar-refractivity contribution in [3.05, 3.63) is 48.3 Å². The van der Waals surface area contributed by atoms with Crippen molar-refractivity contribution in [1.29, 1.82) is 0 Å². The maximum Gasteiger partial charge on any atom is 0.227 e. The Kier molecular flexibility index (Phi) is 4.78. The number of carbonyl (C=O) groups excluding carboxylic acids is 1. The summed E-state index contributed by atoms with van der Waals surface area (Å²) in [6.45, 7) is 4.25. The molecule has 2 fully saturated rings. The molecule has 6 nitrogen and oxygen atoms in total. The molecule has 2 aromatic rings. The van der Waals surface area contributed by atoms with Gasteiger partial charge in [-0.2, -0.15) is 0 Å². The zero-order valence-electron chi connectivity index (χ0n) is 14.5. The molecule has 4 rings (SSSR count). The molecule has 0 saturated carbocycles. The van der Waals surface area contributed by atoms with Gasteiger partial charge < -0.3 is 14.8 Å². The van der Waals surface area contributed by atoms with E-state index >= 15 is 0 Å². The lowest BCUT2D eigenvalue weighted by Crippen LogP contribution is -2.42. The van der Waals surface area contributed by atoms with E-state index in [0.29, 0.717) is 11.8 Å². The van der Waals surface area contributed by atoms with Gasteiger partial charge in [-0.05, 0) is 37.9 Å². The maximum absolute atomic E-state index is 12.6. The highest BCUT2D eigenvalue weighted by Crippen LogP contribution is 2.28. The van der Waals surface area contributed by atoms with Crippen molar-refractivity contribution >= 4 is 5.91 Å². The van der Waals surface area contributed by atoms with Crippen LogP contribution in [0.15, 0.2) is 36.8 Å². The highest BCUT2D eigenvalue weighted by molar-refractivity contribution is 5.79. The fourth-order valence-corrected chi connectivity index (χ4v) is 3.96. The van der Waals surface area contributed by atoms with Crippen molar-refractivity contribution < 1.29 is 4.79 Å². The van der Waals surface area contributed by atoms with E-state index in [0.717, 1.165) is 63.5 Å². The number of rotatable bonds is 4. The van der Waals surface area contributed by atoms with Gasteiger partial charge in [-0.1, -0.05) is 6.07 Å². The lowest BCUT2D eigenvalue weighted by atomic mass is 9.94. The Bertz CT molecular complexity index is 700. The number of nitrogens with one attached hydrogen (secondary N) is 1. The topological polar surface area (TPSA) is 63.1 Å². The fourth-order valence-electron chi connectivity index (χ4n) is 3.96. The monoisotopic (exact) mass is 339 g/mol. The first-order valence-corrected chi connectivity index (χ1v) is 9.21. The van der Waals surface area contributed by atoms with Crippen molar-refractivity contribution in [2.45, 2.75) is 31.7 Å².